The number of aliphatic hydroxyl groups is 1. The molecule has 0 unspecified atom stereocenters. The number of rotatable bonds is 7. The Labute approximate surface area is 206 Å². The number of ether oxygens (including phenoxy) is 1. The molecule has 0 radical (unpaired) electrons. The highest BCUT2D eigenvalue weighted by Gasteiger charge is 2.28. The van der Waals surface area contributed by atoms with Gasteiger partial charge in [-0.3, -0.25) is 9.48 Å². The van der Waals surface area contributed by atoms with Gasteiger partial charge in [0.2, 0.25) is 0 Å². The lowest BCUT2D eigenvalue weighted by molar-refractivity contribution is 0.0544. The van der Waals surface area contributed by atoms with Crippen molar-refractivity contribution >= 4 is 39.1 Å². The number of aliphatic hydroxyl groups excluding tert-OH is 1. The number of hydrogen-bond donors (Lipinski definition) is 4. The van der Waals surface area contributed by atoms with E-state index in [1.807, 2.05) is 6.92 Å². The van der Waals surface area contributed by atoms with E-state index in [-0.39, 0.29) is 23.1 Å². The molecule has 4 aromatic rings. The molecule has 0 saturated heterocycles. The Hall–Kier alpha value is -3.83. The monoisotopic (exact) mass is 493 g/mol. The predicted octanol–water partition coefficient (Wildman–Crippen LogP) is 2.96. The molecule has 188 valence electrons. The standard InChI is InChI=1S/C25H28FN7O3/c1-13(27)10-28-19-7-6-16(23-17(19)11-29-25(31-23)36-21-5-3-4-20(21)34)24(35)30-15-8-14-12-33(2)32-22(14)18(26)9-15/h6-9,11-13,20-21,28,34H,3-5,10,27H2,1-2H3,(H,30,35)/t13-,20+,21-/m1/s1. The normalized spacial score (nSPS) is 18.5. The Morgan fingerprint density at radius 1 is 1.33 bits per heavy atom. The fourth-order valence-corrected chi connectivity index (χ4v) is 4.43. The van der Waals surface area contributed by atoms with Crippen molar-refractivity contribution in [2.75, 3.05) is 17.2 Å². The number of amides is 1. The molecule has 10 nitrogen and oxygen atoms in total. The highest BCUT2D eigenvalue weighted by molar-refractivity contribution is 6.14. The van der Waals surface area contributed by atoms with Crippen LogP contribution in [0.15, 0.2) is 36.7 Å². The second kappa shape index (κ2) is 9.67. The number of nitrogens with two attached hydrogens (primary N) is 1. The highest BCUT2D eigenvalue weighted by Crippen LogP contribution is 2.29. The summed E-state index contributed by atoms with van der Waals surface area (Å²) in [6.07, 6.45) is 4.51. The molecular weight excluding hydrogens is 465 g/mol. The summed E-state index contributed by atoms with van der Waals surface area (Å²) in [7, 11) is 1.70. The van der Waals surface area contributed by atoms with Crippen molar-refractivity contribution in [2.45, 2.75) is 44.4 Å². The van der Waals surface area contributed by atoms with Crippen LogP contribution in [0.5, 0.6) is 6.01 Å². The average Bonchev–Trinajstić information content (AvgIpc) is 3.41. The van der Waals surface area contributed by atoms with Crippen LogP contribution in [0.25, 0.3) is 21.8 Å². The van der Waals surface area contributed by atoms with Crippen LogP contribution in [0.1, 0.15) is 36.5 Å². The fourth-order valence-electron chi connectivity index (χ4n) is 4.43. The van der Waals surface area contributed by atoms with Crippen LogP contribution < -0.4 is 21.1 Å². The van der Waals surface area contributed by atoms with E-state index in [1.165, 1.54) is 10.7 Å². The number of nitrogens with one attached hydrogen (secondary N) is 2. The number of aryl methyl sites for hydroxylation is 1. The van der Waals surface area contributed by atoms with E-state index >= 15 is 0 Å². The first-order valence-electron chi connectivity index (χ1n) is 11.9. The first kappa shape index (κ1) is 23.9. The van der Waals surface area contributed by atoms with E-state index in [0.717, 1.165) is 6.42 Å². The Morgan fingerprint density at radius 2 is 2.17 bits per heavy atom. The van der Waals surface area contributed by atoms with Gasteiger partial charge in [-0.25, -0.2) is 9.37 Å². The van der Waals surface area contributed by atoms with Crippen molar-refractivity contribution in [3.63, 3.8) is 0 Å². The lowest BCUT2D eigenvalue weighted by atomic mass is 10.1. The third-order valence-corrected chi connectivity index (χ3v) is 6.20. The number of anilines is 2. The van der Waals surface area contributed by atoms with E-state index in [2.05, 4.69) is 25.7 Å². The summed E-state index contributed by atoms with van der Waals surface area (Å²) in [5, 5.41) is 21.4. The Kier molecular flexibility index (Phi) is 6.42. The fraction of sp³-hybridized carbons (Fsp3) is 0.360. The average molecular weight is 494 g/mol. The maximum absolute atomic E-state index is 14.5. The summed E-state index contributed by atoms with van der Waals surface area (Å²) in [4.78, 5) is 22.2. The minimum Gasteiger partial charge on any atom is -0.457 e. The molecule has 1 aliphatic carbocycles. The molecule has 5 N–H and O–H groups in total. The minimum atomic E-state index is -0.580. The third kappa shape index (κ3) is 4.79. The van der Waals surface area contributed by atoms with Gasteiger partial charge >= 0.3 is 6.01 Å². The number of carbonyl (C=O) groups is 1. The van der Waals surface area contributed by atoms with Gasteiger partial charge in [-0.2, -0.15) is 10.1 Å². The zero-order valence-corrected chi connectivity index (χ0v) is 20.0. The molecule has 3 atom stereocenters. The predicted molar refractivity (Wildman–Crippen MR) is 135 cm³/mol. The lowest BCUT2D eigenvalue weighted by Gasteiger charge is -2.17. The highest BCUT2D eigenvalue weighted by atomic mass is 19.1. The van der Waals surface area contributed by atoms with Crippen molar-refractivity contribution in [1.82, 2.24) is 19.7 Å². The molecule has 36 heavy (non-hydrogen) atoms. The number of benzene rings is 2. The van der Waals surface area contributed by atoms with Gasteiger partial charge in [-0.1, -0.05) is 0 Å². The van der Waals surface area contributed by atoms with Crippen molar-refractivity contribution in [1.29, 1.82) is 0 Å². The van der Waals surface area contributed by atoms with Gasteiger partial charge in [0, 0.05) is 54.2 Å². The lowest BCUT2D eigenvalue weighted by Crippen LogP contribution is -2.26. The van der Waals surface area contributed by atoms with E-state index in [1.54, 1.807) is 37.6 Å². The van der Waals surface area contributed by atoms with Crippen molar-refractivity contribution in [3.8, 4) is 6.01 Å². The summed E-state index contributed by atoms with van der Waals surface area (Å²) in [5.41, 5.74) is 7.77. The first-order chi connectivity index (χ1) is 17.3. The first-order valence-corrected chi connectivity index (χ1v) is 11.9. The van der Waals surface area contributed by atoms with E-state index in [0.29, 0.717) is 47.1 Å². The maximum Gasteiger partial charge on any atom is 0.317 e. The third-order valence-electron chi connectivity index (χ3n) is 6.20. The smallest absolute Gasteiger partial charge is 0.317 e. The summed E-state index contributed by atoms with van der Waals surface area (Å²) < 4.78 is 21.9. The minimum absolute atomic E-state index is 0.0784. The molecule has 2 heterocycles. The Bertz CT molecular complexity index is 1440. The second-order valence-electron chi connectivity index (χ2n) is 9.24. The molecule has 1 saturated carbocycles. The van der Waals surface area contributed by atoms with Crippen LogP contribution in [0.3, 0.4) is 0 Å². The van der Waals surface area contributed by atoms with Gasteiger partial charge < -0.3 is 26.2 Å². The van der Waals surface area contributed by atoms with Crippen LogP contribution in [0, 0.1) is 5.82 Å². The maximum atomic E-state index is 14.5. The molecule has 0 spiro atoms. The van der Waals surface area contributed by atoms with Crippen molar-refractivity contribution < 1.29 is 19.0 Å². The van der Waals surface area contributed by atoms with Crippen LogP contribution in [-0.4, -0.2) is 55.6 Å². The number of hydrogen-bond acceptors (Lipinski definition) is 8. The van der Waals surface area contributed by atoms with Gasteiger partial charge in [0.05, 0.1) is 17.2 Å². The van der Waals surface area contributed by atoms with Crippen molar-refractivity contribution in [3.05, 3.63) is 48.0 Å². The van der Waals surface area contributed by atoms with E-state index < -0.39 is 23.9 Å². The second-order valence-corrected chi connectivity index (χ2v) is 9.24. The molecule has 5 rings (SSSR count). The van der Waals surface area contributed by atoms with Gasteiger partial charge in [0.25, 0.3) is 5.91 Å². The van der Waals surface area contributed by atoms with Gasteiger partial charge in [0.15, 0.2) is 5.82 Å². The quantitative estimate of drug-likeness (QED) is 0.308. The SMILES string of the molecule is C[C@@H](N)CNc1ccc(C(=O)Nc2cc(F)c3nn(C)cc3c2)c2nc(O[C@@H]3CCC[C@@H]3O)ncc12. The summed E-state index contributed by atoms with van der Waals surface area (Å²) in [6.45, 7) is 2.39. The topological polar surface area (TPSA) is 140 Å². The Balaban J connectivity index is 1.50. The number of aromatic nitrogens is 4. The number of halogens is 1. The zero-order chi connectivity index (χ0) is 25.4. The van der Waals surface area contributed by atoms with Gasteiger partial charge in [-0.15, -0.1) is 0 Å². The molecule has 11 heteroatoms. The molecule has 1 fully saturated rings. The number of carbonyl (C=O) groups excluding carboxylic acids is 1. The van der Waals surface area contributed by atoms with Crippen LogP contribution in [0.4, 0.5) is 15.8 Å². The van der Waals surface area contributed by atoms with E-state index in [4.69, 9.17) is 10.5 Å². The number of nitrogens with zero attached hydrogens (tertiary/aromatic N) is 4. The Morgan fingerprint density at radius 3 is 2.92 bits per heavy atom. The zero-order valence-electron chi connectivity index (χ0n) is 20.0. The molecular formula is C25H28FN7O3. The summed E-state index contributed by atoms with van der Waals surface area (Å²) >= 11 is 0. The van der Waals surface area contributed by atoms with E-state index in [9.17, 15) is 14.3 Å². The van der Waals surface area contributed by atoms with Gasteiger partial charge in [-0.05, 0) is 50.5 Å². The molecule has 2 aromatic heterocycles. The molecule has 1 aliphatic rings. The van der Waals surface area contributed by atoms with Crippen LogP contribution in [0.2, 0.25) is 0 Å². The van der Waals surface area contributed by atoms with Gasteiger partial charge in [0.1, 0.15) is 11.6 Å². The largest absolute Gasteiger partial charge is 0.457 e. The summed E-state index contributed by atoms with van der Waals surface area (Å²) in [5.74, 6) is -0.997. The molecule has 0 aliphatic heterocycles. The molecule has 2 aromatic carbocycles. The number of fused-ring (bicyclic) bond motifs is 2. The molecule has 1 amide bonds. The van der Waals surface area contributed by atoms with Crippen LogP contribution >= 0.6 is 0 Å². The molecule has 0 bridgehead atoms. The summed E-state index contributed by atoms with van der Waals surface area (Å²) in [6, 6.07) is 6.28. The van der Waals surface area contributed by atoms with Crippen molar-refractivity contribution in [2.24, 2.45) is 12.8 Å². The van der Waals surface area contributed by atoms with Crippen LogP contribution in [-0.2, 0) is 7.05 Å².